The summed E-state index contributed by atoms with van der Waals surface area (Å²) in [7, 11) is 0. The van der Waals surface area contributed by atoms with Crippen molar-refractivity contribution >= 4 is 5.69 Å². The fourth-order valence-electron chi connectivity index (χ4n) is 2.09. The molecule has 2 aromatic rings. The molecule has 0 aliphatic heterocycles. The maximum atomic E-state index is 5.79. The maximum absolute atomic E-state index is 5.79. The molecule has 2 heteroatoms. The largest absolute Gasteiger partial charge is 0.457 e. The lowest BCUT2D eigenvalue weighted by molar-refractivity contribution is 0.482. The molecule has 0 spiro atoms. The minimum Gasteiger partial charge on any atom is -0.457 e. The molecule has 0 atom stereocenters. The second kappa shape index (κ2) is 6.83. The van der Waals surface area contributed by atoms with Gasteiger partial charge >= 0.3 is 0 Å². The van der Waals surface area contributed by atoms with Gasteiger partial charge in [0.1, 0.15) is 11.5 Å². The van der Waals surface area contributed by atoms with Gasteiger partial charge in [-0.05, 0) is 49.7 Å². The number of hydrogen-bond donors (Lipinski definition) is 0. The standard InChI is InChI=1S/C17H21NO/c1-3-14-18(4-2)15-10-12-17(13-11-15)19-16-8-6-5-7-9-16/h5-13H,3-4,14H2,1-2H3. The zero-order valence-corrected chi connectivity index (χ0v) is 11.7. The number of benzene rings is 2. The van der Waals surface area contributed by atoms with E-state index in [1.54, 1.807) is 0 Å². The third kappa shape index (κ3) is 3.75. The number of para-hydroxylation sites is 1. The third-order valence-corrected chi connectivity index (χ3v) is 3.06. The van der Waals surface area contributed by atoms with Crippen LogP contribution in [0.15, 0.2) is 54.6 Å². The minimum absolute atomic E-state index is 0.871. The van der Waals surface area contributed by atoms with Crippen LogP contribution in [0.1, 0.15) is 20.3 Å². The third-order valence-electron chi connectivity index (χ3n) is 3.06. The van der Waals surface area contributed by atoms with Crippen LogP contribution in [-0.2, 0) is 0 Å². The molecule has 0 radical (unpaired) electrons. The molecule has 0 heterocycles. The number of rotatable bonds is 6. The number of hydrogen-bond acceptors (Lipinski definition) is 2. The van der Waals surface area contributed by atoms with E-state index in [-0.39, 0.29) is 0 Å². The van der Waals surface area contributed by atoms with Gasteiger partial charge in [0.25, 0.3) is 0 Å². The zero-order valence-electron chi connectivity index (χ0n) is 11.7. The molecule has 0 fully saturated rings. The predicted octanol–water partition coefficient (Wildman–Crippen LogP) is 4.72. The molecule has 19 heavy (non-hydrogen) atoms. The molecule has 2 aromatic carbocycles. The van der Waals surface area contributed by atoms with E-state index in [1.165, 1.54) is 5.69 Å². The molecule has 0 amide bonds. The highest BCUT2D eigenvalue weighted by Crippen LogP contribution is 2.24. The molecular formula is C17H21NO. The van der Waals surface area contributed by atoms with Crippen LogP contribution in [0.3, 0.4) is 0 Å². The molecule has 0 unspecified atom stereocenters. The summed E-state index contributed by atoms with van der Waals surface area (Å²) in [6, 6.07) is 18.2. The summed E-state index contributed by atoms with van der Waals surface area (Å²) < 4.78 is 5.79. The second-order valence-electron chi connectivity index (χ2n) is 4.49. The van der Waals surface area contributed by atoms with Crippen LogP contribution < -0.4 is 9.64 Å². The maximum Gasteiger partial charge on any atom is 0.127 e. The molecule has 2 nitrogen and oxygen atoms in total. The molecule has 0 saturated carbocycles. The fraction of sp³-hybridized carbons (Fsp3) is 0.294. The Morgan fingerprint density at radius 1 is 0.842 bits per heavy atom. The first-order valence-electron chi connectivity index (χ1n) is 6.91. The summed E-state index contributed by atoms with van der Waals surface area (Å²) in [6.07, 6.45) is 1.16. The van der Waals surface area contributed by atoms with Crippen molar-refractivity contribution in [3.63, 3.8) is 0 Å². The van der Waals surface area contributed by atoms with Crippen molar-refractivity contribution in [2.24, 2.45) is 0 Å². The Labute approximate surface area is 115 Å². The summed E-state index contributed by atoms with van der Waals surface area (Å²) >= 11 is 0. The van der Waals surface area contributed by atoms with Gasteiger partial charge in [-0.25, -0.2) is 0 Å². The van der Waals surface area contributed by atoms with Gasteiger partial charge < -0.3 is 9.64 Å². The van der Waals surface area contributed by atoms with E-state index in [4.69, 9.17) is 4.74 Å². The smallest absolute Gasteiger partial charge is 0.127 e. The van der Waals surface area contributed by atoms with Crippen LogP contribution >= 0.6 is 0 Å². The van der Waals surface area contributed by atoms with E-state index in [2.05, 4.69) is 30.9 Å². The summed E-state index contributed by atoms with van der Waals surface area (Å²) in [5.41, 5.74) is 1.25. The van der Waals surface area contributed by atoms with E-state index in [1.807, 2.05) is 42.5 Å². The Morgan fingerprint density at radius 2 is 1.47 bits per heavy atom. The van der Waals surface area contributed by atoms with Gasteiger partial charge in [-0.15, -0.1) is 0 Å². The zero-order chi connectivity index (χ0) is 13.5. The molecular weight excluding hydrogens is 234 g/mol. The van der Waals surface area contributed by atoms with E-state index >= 15 is 0 Å². The average Bonchev–Trinajstić information content (AvgIpc) is 2.47. The molecule has 100 valence electrons. The molecule has 0 N–H and O–H groups in total. The van der Waals surface area contributed by atoms with E-state index in [9.17, 15) is 0 Å². The van der Waals surface area contributed by atoms with Crippen molar-refractivity contribution in [3.8, 4) is 11.5 Å². The van der Waals surface area contributed by atoms with Crippen LogP contribution in [0.5, 0.6) is 11.5 Å². The number of ether oxygens (including phenoxy) is 1. The van der Waals surface area contributed by atoms with Gasteiger partial charge in [-0.1, -0.05) is 25.1 Å². The van der Waals surface area contributed by atoms with Gasteiger partial charge in [0.15, 0.2) is 0 Å². The normalized spacial score (nSPS) is 10.2. The van der Waals surface area contributed by atoms with E-state index in [0.29, 0.717) is 0 Å². The monoisotopic (exact) mass is 255 g/mol. The van der Waals surface area contributed by atoms with Crippen LogP contribution in [0.25, 0.3) is 0 Å². The lowest BCUT2D eigenvalue weighted by atomic mass is 10.2. The Hall–Kier alpha value is -1.96. The Morgan fingerprint density at radius 3 is 2.05 bits per heavy atom. The molecule has 0 aliphatic rings. The Balaban J connectivity index is 2.06. The Kier molecular flexibility index (Phi) is 4.85. The molecule has 0 aromatic heterocycles. The summed E-state index contributed by atoms with van der Waals surface area (Å²) in [6.45, 7) is 6.52. The van der Waals surface area contributed by atoms with Gasteiger partial charge in [-0.3, -0.25) is 0 Å². The Bertz CT molecular complexity index is 478. The quantitative estimate of drug-likeness (QED) is 0.740. The van der Waals surface area contributed by atoms with Crippen molar-refractivity contribution in [3.05, 3.63) is 54.6 Å². The second-order valence-corrected chi connectivity index (χ2v) is 4.49. The van der Waals surface area contributed by atoms with Crippen molar-refractivity contribution < 1.29 is 4.74 Å². The van der Waals surface area contributed by atoms with Crippen LogP contribution in [0, 0.1) is 0 Å². The van der Waals surface area contributed by atoms with Crippen molar-refractivity contribution in [2.45, 2.75) is 20.3 Å². The summed E-state index contributed by atoms with van der Waals surface area (Å²) in [5, 5.41) is 0. The fourth-order valence-corrected chi connectivity index (χ4v) is 2.09. The van der Waals surface area contributed by atoms with E-state index in [0.717, 1.165) is 31.0 Å². The topological polar surface area (TPSA) is 12.5 Å². The molecule has 0 aliphatic carbocycles. The average molecular weight is 255 g/mol. The number of nitrogens with zero attached hydrogens (tertiary/aromatic N) is 1. The minimum atomic E-state index is 0.871. The van der Waals surface area contributed by atoms with Crippen molar-refractivity contribution in [2.75, 3.05) is 18.0 Å². The first-order chi connectivity index (χ1) is 9.33. The first-order valence-corrected chi connectivity index (χ1v) is 6.91. The van der Waals surface area contributed by atoms with Gasteiger partial charge in [0, 0.05) is 18.8 Å². The first kappa shape index (κ1) is 13.5. The highest BCUT2D eigenvalue weighted by Gasteiger charge is 2.03. The molecule has 0 bridgehead atoms. The summed E-state index contributed by atoms with van der Waals surface area (Å²) in [5.74, 6) is 1.75. The van der Waals surface area contributed by atoms with Crippen LogP contribution in [0.4, 0.5) is 5.69 Å². The van der Waals surface area contributed by atoms with E-state index < -0.39 is 0 Å². The molecule has 2 rings (SSSR count). The lowest BCUT2D eigenvalue weighted by Crippen LogP contribution is -2.23. The van der Waals surface area contributed by atoms with Gasteiger partial charge in [0.2, 0.25) is 0 Å². The summed E-state index contributed by atoms with van der Waals surface area (Å²) in [4.78, 5) is 2.37. The number of anilines is 1. The SMILES string of the molecule is CCCN(CC)c1ccc(Oc2ccccc2)cc1. The van der Waals surface area contributed by atoms with Gasteiger partial charge in [0.05, 0.1) is 0 Å². The highest BCUT2D eigenvalue weighted by atomic mass is 16.5. The van der Waals surface area contributed by atoms with Crippen LogP contribution in [0.2, 0.25) is 0 Å². The van der Waals surface area contributed by atoms with Crippen LogP contribution in [-0.4, -0.2) is 13.1 Å². The molecule has 0 saturated heterocycles. The van der Waals surface area contributed by atoms with Gasteiger partial charge in [-0.2, -0.15) is 0 Å². The predicted molar refractivity (Wildman–Crippen MR) is 81.1 cm³/mol. The highest BCUT2D eigenvalue weighted by molar-refractivity contribution is 5.49. The van der Waals surface area contributed by atoms with Crippen molar-refractivity contribution in [1.82, 2.24) is 0 Å². The lowest BCUT2D eigenvalue weighted by Gasteiger charge is -2.22. The van der Waals surface area contributed by atoms with Crippen molar-refractivity contribution in [1.29, 1.82) is 0 Å².